The Morgan fingerprint density at radius 1 is 0.806 bits per heavy atom. The van der Waals surface area contributed by atoms with Crippen molar-refractivity contribution in [2.75, 3.05) is 17.3 Å². The summed E-state index contributed by atoms with van der Waals surface area (Å²) in [5, 5.41) is 22.4. The summed E-state index contributed by atoms with van der Waals surface area (Å²) in [5.74, 6) is -7.44. The highest BCUT2D eigenvalue weighted by molar-refractivity contribution is 6.22. The van der Waals surface area contributed by atoms with Crippen molar-refractivity contribution in [1.82, 2.24) is 0 Å². The van der Waals surface area contributed by atoms with Crippen LogP contribution in [-0.2, 0) is 14.4 Å². The number of ketones is 1. The van der Waals surface area contributed by atoms with E-state index < -0.39 is 41.5 Å². The zero-order chi connectivity index (χ0) is 27.0. The number of hydrogen-bond donors (Lipinski definition) is 3. The Hall–Kier alpha value is -4.01. The first-order valence-corrected chi connectivity index (χ1v) is 11.8. The van der Waals surface area contributed by atoms with Gasteiger partial charge in [-0.25, -0.2) is 4.90 Å². The van der Waals surface area contributed by atoms with Gasteiger partial charge in [0.25, 0.3) is 5.91 Å². The predicted molar refractivity (Wildman–Crippen MR) is 135 cm³/mol. The first-order valence-electron chi connectivity index (χ1n) is 11.8. The van der Waals surface area contributed by atoms with Crippen LogP contribution in [0.3, 0.4) is 0 Å². The van der Waals surface area contributed by atoms with Gasteiger partial charge in [-0.1, -0.05) is 26.0 Å². The third-order valence-electron chi connectivity index (χ3n) is 6.32. The second-order valence-electron chi connectivity index (χ2n) is 8.55. The molecule has 0 aliphatic rings. The van der Waals surface area contributed by atoms with Crippen molar-refractivity contribution < 1.29 is 34.2 Å². The molecule has 36 heavy (non-hydrogen) atoms. The van der Waals surface area contributed by atoms with Crippen molar-refractivity contribution in [1.29, 1.82) is 0 Å². The monoisotopic (exact) mass is 496 g/mol. The second kappa shape index (κ2) is 12.6. The van der Waals surface area contributed by atoms with E-state index >= 15 is 0 Å². The van der Waals surface area contributed by atoms with Gasteiger partial charge in [-0.2, -0.15) is 0 Å². The number of nitrogens with one attached hydrogen (secondary N) is 1. The normalized spacial score (nSPS) is 13.2. The molecule has 3 atom stereocenters. The molecule has 2 aromatic carbocycles. The van der Waals surface area contributed by atoms with Gasteiger partial charge in [-0.3, -0.25) is 24.0 Å². The maximum absolute atomic E-state index is 13.9. The fourth-order valence-electron chi connectivity index (χ4n) is 4.08. The predicted octanol–water partition coefficient (Wildman–Crippen LogP) is 4.33. The summed E-state index contributed by atoms with van der Waals surface area (Å²) in [6.07, 6.45) is 0.0550. The third-order valence-corrected chi connectivity index (χ3v) is 6.32. The minimum atomic E-state index is -1.25. The van der Waals surface area contributed by atoms with Gasteiger partial charge < -0.3 is 15.5 Å². The van der Waals surface area contributed by atoms with Gasteiger partial charge in [0.2, 0.25) is 5.91 Å². The molecule has 0 fully saturated rings. The number of aliphatic carboxylic acids is 2. The summed E-state index contributed by atoms with van der Waals surface area (Å²) in [5.41, 5.74) is 1.46. The van der Waals surface area contributed by atoms with E-state index in [1.165, 1.54) is 31.2 Å². The average molecular weight is 497 g/mol. The Morgan fingerprint density at radius 2 is 1.36 bits per heavy atom. The summed E-state index contributed by atoms with van der Waals surface area (Å²) < 4.78 is 0. The van der Waals surface area contributed by atoms with E-state index in [1.807, 2.05) is 0 Å². The van der Waals surface area contributed by atoms with Crippen molar-refractivity contribution in [3.05, 3.63) is 59.7 Å². The highest BCUT2D eigenvalue weighted by atomic mass is 16.4. The first-order chi connectivity index (χ1) is 17.0. The van der Waals surface area contributed by atoms with Gasteiger partial charge in [0.15, 0.2) is 5.78 Å². The van der Waals surface area contributed by atoms with Crippen molar-refractivity contribution >= 4 is 40.9 Å². The molecule has 0 saturated heterocycles. The number of carbonyl (C=O) groups excluding carboxylic acids is 3. The van der Waals surface area contributed by atoms with Crippen LogP contribution in [0, 0.1) is 17.8 Å². The molecule has 2 rings (SSSR count). The van der Waals surface area contributed by atoms with Crippen LogP contribution < -0.4 is 10.2 Å². The molecule has 2 aromatic rings. The van der Waals surface area contributed by atoms with Crippen LogP contribution in [0.2, 0.25) is 0 Å². The Bertz CT molecular complexity index is 1110. The molecule has 0 spiro atoms. The van der Waals surface area contributed by atoms with E-state index in [-0.39, 0.29) is 36.3 Å². The Morgan fingerprint density at radius 3 is 1.78 bits per heavy atom. The van der Waals surface area contributed by atoms with Gasteiger partial charge in [-0.05, 0) is 62.6 Å². The van der Waals surface area contributed by atoms with Crippen LogP contribution in [0.1, 0.15) is 60.7 Å². The molecule has 192 valence electrons. The van der Waals surface area contributed by atoms with E-state index in [4.69, 9.17) is 0 Å². The zero-order valence-electron chi connectivity index (χ0n) is 20.9. The van der Waals surface area contributed by atoms with Crippen molar-refractivity contribution in [3.8, 4) is 0 Å². The molecule has 0 aliphatic heterocycles. The van der Waals surface area contributed by atoms with Gasteiger partial charge >= 0.3 is 11.9 Å². The van der Waals surface area contributed by atoms with Crippen LogP contribution in [0.4, 0.5) is 11.4 Å². The number of carboxylic acids is 2. The fraction of sp³-hybridized carbons (Fsp3) is 0.370. The fourth-order valence-corrected chi connectivity index (χ4v) is 4.08. The number of rotatable bonds is 12. The molecule has 0 radical (unpaired) electrons. The molecule has 0 aliphatic carbocycles. The Balaban J connectivity index is 2.63. The topological polar surface area (TPSA) is 141 Å². The lowest BCUT2D eigenvalue weighted by Gasteiger charge is -2.30. The van der Waals surface area contributed by atoms with Gasteiger partial charge in [-0.15, -0.1) is 0 Å². The van der Waals surface area contributed by atoms with Crippen LogP contribution in [-0.4, -0.2) is 46.8 Å². The highest BCUT2D eigenvalue weighted by Crippen LogP contribution is 2.31. The molecule has 9 nitrogen and oxygen atoms in total. The van der Waals surface area contributed by atoms with E-state index in [1.54, 1.807) is 45.2 Å². The van der Waals surface area contributed by atoms with Crippen molar-refractivity contribution in [3.63, 3.8) is 0 Å². The summed E-state index contributed by atoms with van der Waals surface area (Å²) in [6, 6.07) is 12.2. The molecule has 0 heterocycles. The molecule has 2 amide bonds. The number of nitrogens with zero attached hydrogens (tertiary/aromatic N) is 1. The summed E-state index contributed by atoms with van der Waals surface area (Å²) in [6.45, 7) is 4.65. The van der Waals surface area contributed by atoms with E-state index in [9.17, 15) is 34.2 Å². The average Bonchev–Trinajstić information content (AvgIpc) is 2.86. The first kappa shape index (κ1) is 28.2. The largest absolute Gasteiger partial charge is 0.481 e. The van der Waals surface area contributed by atoms with Crippen LogP contribution in [0.25, 0.3) is 0 Å². The van der Waals surface area contributed by atoms with Gasteiger partial charge in [0, 0.05) is 23.9 Å². The molecule has 3 N–H and O–H groups in total. The number of hydrogen-bond acceptors (Lipinski definition) is 6. The van der Waals surface area contributed by atoms with Gasteiger partial charge in [0.05, 0.1) is 23.4 Å². The zero-order valence-corrected chi connectivity index (χ0v) is 20.9. The number of amides is 2. The third kappa shape index (κ3) is 6.56. The quantitative estimate of drug-likeness (QED) is 0.369. The molecular weight excluding hydrogens is 464 g/mol. The molecular formula is C27H32N2O7. The number of anilines is 2. The summed E-state index contributed by atoms with van der Waals surface area (Å²) >= 11 is 0. The molecule has 0 bridgehead atoms. The number of carbonyl (C=O) groups is 5. The lowest BCUT2D eigenvalue weighted by Crippen LogP contribution is -2.45. The van der Waals surface area contributed by atoms with Gasteiger partial charge in [0.1, 0.15) is 0 Å². The standard InChI is InChI=1S/C27H32N2O7/c1-5-17(26(33)34)15-23(22(6-2)27(35)36)25(32)29(21-13-11-20(28-4)12-14-21)24(31)19-9-7-18(8-10-19)16(3)30/h7-14,17,22-23,28H,5-6,15H2,1-4H3,(H,33,34)(H,35,36). The summed E-state index contributed by atoms with van der Waals surface area (Å²) in [4.78, 5) is 63.9. The van der Waals surface area contributed by atoms with E-state index in [0.717, 1.165) is 10.6 Å². The minimum absolute atomic E-state index is 0.0792. The second-order valence-corrected chi connectivity index (χ2v) is 8.55. The highest BCUT2D eigenvalue weighted by Gasteiger charge is 2.40. The number of Topliss-reactive ketones (excluding diaryl/α,β-unsaturated/α-hetero) is 1. The van der Waals surface area contributed by atoms with Crippen LogP contribution >= 0.6 is 0 Å². The number of carboxylic acid groups (broad SMARTS) is 2. The maximum atomic E-state index is 13.9. The molecule has 9 heteroatoms. The van der Waals surface area contributed by atoms with E-state index in [2.05, 4.69) is 5.32 Å². The molecule has 0 saturated carbocycles. The van der Waals surface area contributed by atoms with Crippen molar-refractivity contribution in [2.45, 2.75) is 40.0 Å². The molecule has 0 aromatic heterocycles. The van der Waals surface area contributed by atoms with Crippen molar-refractivity contribution in [2.24, 2.45) is 17.8 Å². The van der Waals surface area contributed by atoms with E-state index in [0.29, 0.717) is 5.56 Å². The number of imide groups is 1. The van der Waals surface area contributed by atoms with Crippen LogP contribution in [0.5, 0.6) is 0 Å². The molecule has 3 unspecified atom stereocenters. The Labute approximate surface area is 210 Å². The Kier molecular flexibility index (Phi) is 9.90. The SMILES string of the molecule is CCC(CC(C(=O)N(C(=O)c1ccc(C(C)=O)cc1)c1ccc(NC)cc1)C(CC)C(=O)O)C(=O)O. The van der Waals surface area contributed by atoms with Crippen LogP contribution in [0.15, 0.2) is 48.5 Å². The lowest BCUT2D eigenvalue weighted by atomic mass is 9.80. The summed E-state index contributed by atoms with van der Waals surface area (Å²) in [7, 11) is 1.71. The number of benzene rings is 2. The lowest BCUT2D eigenvalue weighted by molar-refractivity contribution is -0.149. The minimum Gasteiger partial charge on any atom is -0.481 e. The smallest absolute Gasteiger partial charge is 0.307 e. The maximum Gasteiger partial charge on any atom is 0.307 e.